The lowest BCUT2D eigenvalue weighted by molar-refractivity contribution is 0.627. The molecule has 0 aromatic carbocycles. The minimum atomic E-state index is -2.43. The van der Waals surface area contributed by atoms with Crippen LogP contribution in [0.5, 0.6) is 0 Å². The van der Waals surface area contributed by atoms with Crippen molar-refractivity contribution in [1.82, 2.24) is 0 Å². The Morgan fingerprint density at radius 1 is 1.40 bits per heavy atom. The Labute approximate surface area is 36.1 Å². The van der Waals surface area contributed by atoms with E-state index in [-0.39, 0.29) is 5.48 Å². The second-order valence-electron chi connectivity index (χ2n) is 0.238. The topological polar surface area (TPSA) is 65.6 Å². The summed E-state index contributed by atoms with van der Waals surface area (Å²) < 4.78 is 17.8. The first kappa shape index (κ1) is 8.98. The van der Waals surface area contributed by atoms with E-state index in [2.05, 4.69) is 11.7 Å². The monoisotopic (exact) mass is 116 g/mol. The highest BCUT2D eigenvalue weighted by atomic mass is 33.1. The van der Waals surface area contributed by atoms with Crippen LogP contribution in [-0.2, 0) is 9.74 Å². The fourth-order valence-corrected chi connectivity index (χ4v) is 0. The van der Waals surface area contributed by atoms with Gasteiger partial charge >= 0.3 is 0 Å². The van der Waals surface area contributed by atoms with Gasteiger partial charge in [0.25, 0.3) is 0 Å². The molecule has 0 unspecified atom stereocenters. The van der Waals surface area contributed by atoms with E-state index >= 15 is 0 Å². The normalized spacial score (nSPS) is 6.80. The van der Waals surface area contributed by atoms with Gasteiger partial charge in [0.15, 0.2) is 9.74 Å². The fourth-order valence-electron chi connectivity index (χ4n) is 0. The van der Waals surface area contributed by atoms with E-state index < -0.39 is 9.74 Å². The zero-order valence-corrected chi connectivity index (χ0v) is 4.00. The number of hydrogen-bond donors (Lipinski definition) is 2. The van der Waals surface area contributed by atoms with Gasteiger partial charge in [-0.05, 0) is 0 Å². The maximum Gasteiger partial charge on any atom is 0.188 e. The van der Waals surface area contributed by atoms with E-state index in [1.165, 1.54) is 0 Å². The smallest absolute Gasteiger partial charge is 0.188 e. The second kappa shape index (κ2) is 4.26. The average Bonchev–Trinajstić information content (AvgIpc) is 0.811. The molecule has 0 saturated heterocycles. The summed E-state index contributed by atoms with van der Waals surface area (Å²) in [4.78, 5) is 0. The van der Waals surface area contributed by atoms with Crippen molar-refractivity contribution in [2.24, 2.45) is 0 Å². The molecule has 0 aromatic heterocycles. The predicted molar refractivity (Wildman–Crippen MR) is 22.9 cm³/mol. The summed E-state index contributed by atoms with van der Waals surface area (Å²) in [6.45, 7) is 0. The SMILES string of the molecule is O.O=[SH](=O)S. The van der Waals surface area contributed by atoms with Crippen LogP contribution >= 0.6 is 11.7 Å². The fraction of sp³-hybridized carbons (Fsp3) is 0. The molecule has 5 heavy (non-hydrogen) atoms. The Hall–Kier alpha value is 0.260. The van der Waals surface area contributed by atoms with Crippen molar-refractivity contribution in [3.63, 3.8) is 0 Å². The molecule has 0 spiro atoms. The van der Waals surface area contributed by atoms with E-state index in [1.807, 2.05) is 0 Å². The van der Waals surface area contributed by atoms with Crippen molar-refractivity contribution in [2.75, 3.05) is 0 Å². The molecule has 0 rings (SSSR count). The molecule has 0 bridgehead atoms. The quantitative estimate of drug-likeness (QED) is 0.302. The molecule has 0 aliphatic heterocycles. The molecule has 0 saturated carbocycles. The number of hydrogen-bond acceptors (Lipinski definition) is 2. The van der Waals surface area contributed by atoms with Crippen LogP contribution in [0.15, 0.2) is 0 Å². The van der Waals surface area contributed by atoms with Crippen molar-refractivity contribution in [2.45, 2.75) is 0 Å². The lowest BCUT2D eigenvalue weighted by Crippen LogP contribution is -1.41. The molecule has 0 heterocycles. The van der Waals surface area contributed by atoms with Gasteiger partial charge in [0.1, 0.15) is 0 Å². The molecule has 5 heteroatoms. The van der Waals surface area contributed by atoms with Crippen LogP contribution in [0.3, 0.4) is 0 Å². The van der Waals surface area contributed by atoms with Crippen molar-refractivity contribution in [1.29, 1.82) is 0 Å². The van der Waals surface area contributed by atoms with Gasteiger partial charge in [-0.3, -0.25) is 0 Å². The molecule has 34 valence electrons. The summed E-state index contributed by atoms with van der Waals surface area (Å²) in [6.07, 6.45) is 0. The van der Waals surface area contributed by atoms with E-state index in [1.54, 1.807) is 0 Å². The van der Waals surface area contributed by atoms with Gasteiger partial charge < -0.3 is 5.48 Å². The maximum atomic E-state index is 8.90. The van der Waals surface area contributed by atoms with Crippen LogP contribution in [0.4, 0.5) is 0 Å². The van der Waals surface area contributed by atoms with Crippen LogP contribution in [0, 0.1) is 0 Å². The molecular weight excluding hydrogens is 112 g/mol. The highest BCUT2D eigenvalue weighted by Gasteiger charge is 1.45. The minimum absolute atomic E-state index is 0. The van der Waals surface area contributed by atoms with Gasteiger partial charge in [-0.2, -0.15) is 0 Å². The molecule has 0 radical (unpaired) electrons. The van der Waals surface area contributed by atoms with Crippen LogP contribution in [0.1, 0.15) is 0 Å². The summed E-state index contributed by atoms with van der Waals surface area (Å²) in [6, 6.07) is 0. The molecule has 0 amide bonds. The third kappa shape index (κ3) is 322. The molecule has 0 atom stereocenters. The van der Waals surface area contributed by atoms with Crippen LogP contribution in [0.2, 0.25) is 0 Å². The van der Waals surface area contributed by atoms with Crippen LogP contribution in [-0.4, -0.2) is 13.9 Å². The highest BCUT2D eigenvalue weighted by molar-refractivity contribution is 8.54. The highest BCUT2D eigenvalue weighted by Crippen LogP contribution is 1.59. The first-order chi connectivity index (χ1) is 1.73. The van der Waals surface area contributed by atoms with E-state index in [0.717, 1.165) is 0 Å². The summed E-state index contributed by atoms with van der Waals surface area (Å²) in [7, 11) is -2.43. The van der Waals surface area contributed by atoms with Gasteiger partial charge in [0.05, 0.1) is 0 Å². The number of thiol groups is 2. The Bertz CT molecular complexity index is 53.3. The zero-order valence-electron chi connectivity index (χ0n) is 2.21. The van der Waals surface area contributed by atoms with Crippen molar-refractivity contribution >= 4 is 21.4 Å². The standard InChI is InChI=1S/H2O2S2.H2O/c1-4(2)3;/h4H,(H,1,2,3);1H2. The number of rotatable bonds is 0. The van der Waals surface area contributed by atoms with Crippen LogP contribution in [0.25, 0.3) is 0 Å². The Morgan fingerprint density at radius 3 is 1.40 bits per heavy atom. The Balaban J connectivity index is 0. The van der Waals surface area contributed by atoms with Gasteiger partial charge in [-0.1, -0.05) is 11.7 Å². The Morgan fingerprint density at radius 2 is 1.40 bits per heavy atom. The predicted octanol–water partition coefficient (Wildman–Crippen LogP) is -1.38. The summed E-state index contributed by atoms with van der Waals surface area (Å²) >= 11 is 2.92. The molecule has 0 aliphatic rings. The first-order valence-corrected chi connectivity index (χ1v) is 2.90. The Kier molecular flexibility index (Phi) is 7.65. The third-order valence-corrected chi connectivity index (χ3v) is 0. The van der Waals surface area contributed by atoms with Gasteiger partial charge in [-0.25, -0.2) is 8.42 Å². The van der Waals surface area contributed by atoms with E-state index in [4.69, 9.17) is 8.42 Å². The largest absolute Gasteiger partial charge is 0.412 e. The van der Waals surface area contributed by atoms with Crippen molar-refractivity contribution in [3.8, 4) is 0 Å². The van der Waals surface area contributed by atoms with Crippen molar-refractivity contribution in [3.05, 3.63) is 0 Å². The summed E-state index contributed by atoms with van der Waals surface area (Å²) in [5.41, 5.74) is 0. The average molecular weight is 116 g/mol. The zero-order chi connectivity index (χ0) is 3.58. The summed E-state index contributed by atoms with van der Waals surface area (Å²) in [5.74, 6) is 0. The second-order valence-corrected chi connectivity index (χ2v) is 1.69. The van der Waals surface area contributed by atoms with Crippen LogP contribution < -0.4 is 0 Å². The first-order valence-electron chi connectivity index (χ1n) is 0.565. The van der Waals surface area contributed by atoms with E-state index in [9.17, 15) is 0 Å². The lowest BCUT2D eigenvalue weighted by atomic mass is 15.9. The molecule has 2 N–H and O–H groups in total. The van der Waals surface area contributed by atoms with Gasteiger partial charge in [0.2, 0.25) is 0 Å². The molecule has 0 aromatic rings. The molecular formula is H4O3S2. The molecule has 0 aliphatic carbocycles. The maximum absolute atomic E-state index is 8.90. The minimum Gasteiger partial charge on any atom is -0.412 e. The van der Waals surface area contributed by atoms with E-state index in [0.29, 0.717) is 0 Å². The van der Waals surface area contributed by atoms with Gasteiger partial charge in [-0.15, -0.1) is 0 Å². The van der Waals surface area contributed by atoms with Gasteiger partial charge in [0, 0.05) is 0 Å². The van der Waals surface area contributed by atoms with Crippen molar-refractivity contribution < 1.29 is 13.9 Å². The lowest BCUT2D eigenvalue weighted by Gasteiger charge is -1.40. The molecule has 0 fully saturated rings. The summed E-state index contributed by atoms with van der Waals surface area (Å²) in [5, 5.41) is 0. The molecule has 3 nitrogen and oxygen atoms in total. The third-order valence-electron chi connectivity index (χ3n) is 0.